The molecule has 1 fully saturated rings. The summed E-state index contributed by atoms with van der Waals surface area (Å²) in [5.41, 5.74) is -2.63. The number of hydrogen-bond donors (Lipinski definition) is 0. The fourth-order valence-electron chi connectivity index (χ4n) is 1.81. The molecule has 1 rings (SSSR count). The first kappa shape index (κ1) is 13.5. The fraction of sp³-hybridized carbons (Fsp3) is 0.923. The lowest BCUT2D eigenvalue weighted by molar-refractivity contribution is -0.165. The van der Waals surface area contributed by atoms with Crippen LogP contribution in [0.3, 0.4) is 0 Å². The van der Waals surface area contributed by atoms with E-state index in [4.69, 9.17) is 4.74 Å². The molecule has 0 spiro atoms. The van der Waals surface area contributed by atoms with Gasteiger partial charge in [-0.3, -0.25) is 0 Å². The molecule has 0 N–H and O–H groups in total. The van der Waals surface area contributed by atoms with Gasteiger partial charge in [0.1, 0.15) is 0 Å². The molecule has 0 saturated heterocycles. The van der Waals surface area contributed by atoms with Crippen LogP contribution in [0.25, 0.3) is 0 Å². The molecule has 0 aromatic rings. The summed E-state index contributed by atoms with van der Waals surface area (Å²) >= 11 is 0. The number of carbonyl (C=O) groups is 1. The van der Waals surface area contributed by atoms with E-state index in [-0.39, 0.29) is 0 Å². The minimum atomic E-state index is -1.91. The molecule has 0 aromatic heterocycles. The number of carbonyl (C=O) groups excluding carboxylic acids is 1. The average Bonchev–Trinajstić information content (AvgIpc) is 2.64. The van der Waals surface area contributed by atoms with E-state index in [2.05, 4.69) is 0 Å². The Morgan fingerprint density at radius 3 is 2.19 bits per heavy atom. The highest BCUT2D eigenvalue weighted by Crippen LogP contribution is 2.35. The summed E-state index contributed by atoms with van der Waals surface area (Å²) < 4.78 is 19.3. The van der Waals surface area contributed by atoms with E-state index in [9.17, 15) is 9.18 Å². The van der Waals surface area contributed by atoms with Crippen LogP contribution in [-0.4, -0.2) is 18.2 Å². The van der Waals surface area contributed by atoms with Gasteiger partial charge in [-0.05, 0) is 25.7 Å². The van der Waals surface area contributed by atoms with Crippen molar-refractivity contribution in [2.24, 2.45) is 11.3 Å². The van der Waals surface area contributed by atoms with Crippen LogP contribution < -0.4 is 0 Å². The monoisotopic (exact) mass is 230 g/mol. The van der Waals surface area contributed by atoms with Crippen LogP contribution in [0.2, 0.25) is 0 Å². The Kier molecular flexibility index (Phi) is 3.97. The van der Waals surface area contributed by atoms with Crippen molar-refractivity contribution >= 4 is 5.97 Å². The molecule has 0 radical (unpaired) electrons. The van der Waals surface area contributed by atoms with E-state index >= 15 is 0 Å². The molecule has 0 aliphatic heterocycles. The van der Waals surface area contributed by atoms with Crippen LogP contribution in [0.5, 0.6) is 0 Å². The third-order valence-electron chi connectivity index (χ3n) is 3.72. The maximum absolute atomic E-state index is 14.2. The van der Waals surface area contributed by atoms with Gasteiger partial charge in [-0.2, -0.15) is 0 Å². The molecule has 1 atom stereocenters. The van der Waals surface area contributed by atoms with Gasteiger partial charge in [-0.1, -0.05) is 33.6 Å². The second kappa shape index (κ2) is 4.72. The number of alkyl halides is 1. The lowest BCUT2D eigenvalue weighted by atomic mass is 9.79. The molecule has 94 valence electrons. The van der Waals surface area contributed by atoms with E-state index in [1.165, 1.54) is 19.8 Å². The first-order chi connectivity index (χ1) is 7.25. The van der Waals surface area contributed by atoms with Crippen LogP contribution in [0.1, 0.15) is 53.4 Å². The standard InChI is InChI=1S/C13H23FO2/c1-12(2,3)13(4,14)11(15)16-9-10-7-5-6-8-10/h10H,5-9H2,1-4H3. The topological polar surface area (TPSA) is 26.3 Å². The van der Waals surface area contributed by atoms with Crippen molar-refractivity contribution in [1.82, 2.24) is 0 Å². The fourth-order valence-corrected chi connectivity index (χ4v) is 1.81. The molecule has 0 bridgehead atoms. The Morgan fingerprint density at radius 2 is 1.75 bits per heavy atom. The maximum atomic E-state index is 14.2. The first-order valence-corrected chi connectivity index (χ1v) is 6.11. The van der Waals surface area contributed by atoms with E-state index in [0.717, 1.165) is 12.8 Å². The zero-order valence-electron chi connectivity index (χ0n) is 10.8. The van der Waals surface area contributed by atoms with E-state index < -0.39 is 17.1 Å². The number of ether oxygens (including phenoxy) is 1. The Bertz CT molecular complexity index is 247. The molecule has 1 unspecified atom stereocenters. The summed E-state index contributed by atoms with van der Waals surface area (Å²) in [7, 11) is 0. The molecule has 3 heteroatoms. The van der Waals surface area contributed by atoms with Crippen LogP contribution in [-0.2, 0) is 9.53 Å². The summed E-state index contributed by atoms with van der Waals surface area (Å²) in [5.74, 6) is -0.272. The van der Waals surface area contributed by atoms with E-state index in [1.54, 1.807) is 20.8 Å². The predicted octanol–water partition coefficient (Wildman–Crippen LogP) is 3.49. The van der Waals surface area contributed by atoms with Crippen LogP contribution in [0.4, 0.5) is 4.39 Å². The van der Waals surface area contributed by atoms with Gasteiger partial charge in [0.05, 0.1) is 6.61 Å². The Hall–Kier alpha value is -0.600. The molecule has 1 aliphatic carbocycles. The molecule has 0 heterocycles. The van der Waals surface area contributed by atoms with Crippen molar-refractivity contribution in [2.75, 3.05) is 6.61 Å². The highest BCUT2D eigenvalue weighted by molar-refractivity contribution is 5.79. The largest absolute Gasteiger partial charge is 0.463 e. The summed E-state index contributed by atoms with van der Waals surface area (Å²) in [6, 6.07) is 0. The lowest BCUT2D eigenvalue weighted by Gasteiger charge is -2.32. The number of hydrogen-bond acceptors (Lipinski definition) is 2. The van der Waals surface area contributed by atoms with Crippen LogP contribution in [0.15, 0.2) is 0 Å². The molecule has 1 aliphatic rings. The van der Waals surface area contributed by atoms with Crippen molar-refractivity contribution in [1.29, 1.82) is 0 Å². The van der Waals surface area contributed by atoms with Crippen molar-refractivity contribution in [2.45, 2.75) is 59.0 Å². The summed E-state index contributed by atoms with van der Waals surface area (Å²) in [6.45, 7) is 6.83. The second-order valence-corrected chi connectivity index (χ2v) is 6.00. The highest BCUT2D eigenvalue weighted by Gasteiger charge is 2.46. The van der Waals surface area contributed by atoms with Gasteiger partial charge in [-0.25, -0.2) is 9.18 Å². The van der Waals surface area contributed by atoms with Gasteiger partial charge in [0, 0.05) is 5.41 Å². The zero-order chi connectivity index (χ0) is 12.4. The van der Waals surface area contributed by atoms with Crippen molar-refractivity contribution in [3.63, 3.8) is 0 Å². The van der Waals surface area contributed by atoms with Crippen LogP contribution >= 0.6 is 0 Å². The second-order valence-electron chi connectivity index (χ2n) is 6.00. The Morgan fingerprint density at radius 1 is 1.25 bits per heavy atom. The molecular weight excluding hydrogens is 207 g/mol. The zero-order valence-corrected chi connectivity index (χ0v) is 10.8. The minimum Gasteiger partial charge on any atom is -0.463 e. The predicted molar refractivity (Wildman–Crippen MR) is 61.9 cm³/mol. The summed E-state index contributed by atoms with van der Waals surface area (Å²) in [4.78, 5) is 11.7. The third-order valence-corrected chi connectivity index (χ3v) is 3.72. The normalized spacial score (nSPS) is 21.8. The maximum Gasteiger partial charge on any atom is 0.344 e. The van der Waals surface area contributed by atoms with Crippen molar-refractivity contribution < 1.29 is 13.9 Å². The quantitative estimate of drug-likeness (QED) is 0.694. The van der Waals surface area contributed by atoms with Gasteiger partial charge in [0.15, 0.2) is 0 Å². The van der Waals surface area contributed by atoms with Crippen LogP contribution in [0, 0.1) is 11.3 Å². The molecule has 0 aromatic carbocycles. The average molecular weight is 230 g/mol. The number of esters is 1. The third kappa shape index (κ3) is 2.96. The van der Waals surface area contributed by atoms with Crippen molar-refractivity contribution in [3.8, 4) is 0 Å². The van der Waals surface area contributed by atoms with Gasteiger partial charge in [0.25, 0.3) is 0 Å². The molecule has 16 heavy (non-hydrogen) atoms. The molecule has 2 nitrogen and oxygen atoms in total. The smallest absolute Gasteiger partial charge is 0.344 e. The Labute approximate surface area is 97.6 Å². The molecular formula is C13H23FO2. The molecule has 0 amide bonds. The lowest BCUT2D eigenvalue weighted by Crippen LogP contribution is -2.44. The van der Waals surface area contributed by atoms with Crippen molar-refractivity contribution in [3.05, 3.63) is 0 Å². The first-order valence-electron chi connectivity index (χ1n) is 6.11. The highest BCUT2D eigenvalue weighted by atomic mass is 19.1. The summed E-state index contributed by atoms with van der Waals surface area (Å²) in [6.07, 6.45) is 4.61. The van der Waals surface area contributed by atoms with Gasteiger partial charge < -0.3 is 4.74 Å². The van der Waals surface area contributed by atoms with Gasteiger partial charge in [-0.15, -0.1) is 0 Å². The molecule has 1 saturated carbocycles. The minimum absolute atomic E-state index is 0.383. The van der Waals surface area contributed by atoms with E-state index in [0.29, 0.717) is 12.5 Å². The van der Waals surface area contributed by atoms with Gasteiger partial charge in [0.2, 0.25) is 5.67 Å². The number of halogens is 1. The Balaban J connectivity index is 2.45. The van der Waals surface area contributed by atoms with Gasteiger partial charge >= 0.3 is 5.97 Å². The van der Waals surface area contributed by atoms with E-state index in [1.807, 2.05) is 0 Å². The SMILES string of the molecule is CC(C)(C)C(C)(F)C(=O)OCC1CCCC1. The summed E-state index contributed by atoms with van der Waals surface area (Å²) in [5, 5.41) is 0. The number of rotatable bonds is 3.